The van der Waals surface area contributed by atoms with Gasteiger partial charge in [-0.15, -0.1) is 0 Å². The quantitative estimate of drug-likeness (QED) is 0.527. The van der Waals surface area contributed by atoms with Crippen LogP contribution < -0.4 is 16.4 Å². The highest BCUT2D eigenvalue weighted by atomic mass is 16.5. The van der Waals surface area contributed by atoms with Crippen molar-refractivity contribution >= 4 is 0 Å². The predicted molar refractivity (Wildman–Crippen MR) is 82.7 cm³/mol. The molecule has 0 aromatic heterocycles. The average molecular weight is 273 g/mol. The van der Waals surface area contributed by atoms with Crippen molar-refractivity contribution in [2.75, 3.05) is 14.1 Å². The van der Waals surface area contributed by atoms with E-state index in [1.807, 2.05) is 44.5 Å². The Kier molecular flexibility index (Phi) is 4.60. The Morgan fingerprint density at radius 2 is 2.05 bits per heavy atom. The number of rotatable bonds is 5. The third kappa shape index (κ3) is 3.48. The molecule has 4 nitrogen and oxygen atoms in total. The number of allylic oxidation sites excluding steroid dienone is 3. The second kappa shape index (κ2) is 6.22. The molecule has 0 aliphatic heterocycles. The molecule has 2 aliphatic rings. The molecular formula is C16H23N3O. The summed E-state index contributed by atoms with van der Waals surface area (Å²) in [6.45, 7) is 0. The molecule has 2 rings (SSSR count). The van der Waals surface area contributed by atoms with Crippen LogP contribution in [0.2, 0.25) is 0 Å². The number of hydrogen-bond donors (Lipinski definition) is 3. The molecule has 108 valence electrons. The van der Waals surface area contributed by atoms with Crippen LogP contribution in [-0.4, -0.2) is 25.3 Å². The van der Waals surface area contributed by atoms with Crippen LogP contribution in [0.1, 0.15) is 12.8 Å². The lowest BCUT2D eigenvalue weighted by molar-refractivity contribution is 0.345. The van der Waals surface area contributed by atoms with Crippen LogP contribution in [0, 0.1) is 0 Å². The second-order valence-electron chi connectivity index (χ2n) is 5.14. The van der Waals surface area contributed by atoms with E-state index in [1.54, 1.807) is 6.26 Å². The monoisotopic (exact) mass is 273 g/mol. The first kappa shape index (κ1) is 14.8. The van der Waals surface area contributed by atoms with Crippen LogP contribution in [0.25, 0.3) is 0 Å². The Balaban J connectivity index is 1.93. The van der Waals surface area contributed by atoms with E-state index in [-0.39, 0.29) is 5.54 Å². The average Bonchev–Trinajstić information content (AvgIpc) is 2.50. The number of ether oxygens (including phenoxy) is 1. The van der Waals surface area contributed by atoms with E-state index < -0.39 is 5.66 Å². The van der Waals surface area contributed by atoms with Crippen molar-refractivity contribution in [2.45, 2.75) is 24.0 Å². The summed E-state index contributed by atoms with van der Waals surface area (Å²) in [5, 5.41) is 6.37. The molecule has 0 aromatic rings. The minimum atomic E-state index is -0.459. The zero-order valence-electron chi connectivity index (χ0n) is 12.1. The Morgan fingerprint density at radius 1 is 1.20 bits per heavy atom. The highest BCUT2D eigenvalue weighted by Crippen LogP contribution is 2.20. The Labute approximate surface area is 120 Å². The van der Waals surface area contributed by atoms with Crippen LogP contribution in [-0.2, 0) is 4.74 Å². The lowest BCUT2D eigenvalue weighted by Crippen LogP contribution is -2.50. The summed E-state index contributed by atoms with van der Waals surface area (Å²) in [5.41, 5.74) is 5.45. The van der Waals surface area contributed by atoms with Crippen molar-refractivity contribution in [1.29, 1.82) is 0 Å². The van der Waals surface area contributed by atoms with Gasteiger partial charge in [0, 0.05) is 6.42 Å². The van der Waals surface area contributed by atoms with E-state index in [1.165, 1.54) is 0 Å². The molecule has 20 heavy (non-hydrogen) atoms. The van der Waals surface area contributed by atoms with Gasteiger partial charge in [-0.05, 0) is 44.8 Å². The van der Waals surface area contributed by atoms with Gasteiger partial charge in [-0.2, -0.15) is 0 Å². The summed E-state index contributed by atoms with van der Waals surface area (Å²) in [7, 11) is 3.80. The zero-order valence-corrected chi connectivity index (χ0v) is 12.1. The highest BCUT2D eigenvalue weighted by Gasteiger charge is 2.22. The first-order valence-corrected chi connectivity index (χ1v) is 6.86. The number of likely N-dealkylation sites (N-methyl/N-ethyl adjacent to an activating group) is 2. The van der Waals surface area contributed by atoms with E-state index in [0.717, 1.165) is 12.2 Å². The fraction of sp³-hybridized carbons (Fsp3) is 0.375. The van der Waals surface area contributed by atoms with Gasteiger partial charge in [0.2, 0.25) is 0 Å². The van der Waals surface area contributed by atoms with Crippen LogP contribution in [0.5, 0.6) is 0 Å². The number of nitrogens with one attached hydrogen (secondary N) is 2. The predicted octanol–water partition coefficient (Wildman–Crippen LogP) is 1.71. The molecular weight excluding hydrogens is 250 g/mol. The summed E-state index contributed by atoms with van der Waals surface area (Å²) in [6.07, 6.45) is 19.6. The minimum absolute atomic E-state index is 0.156. The lowest BCUT2D eigenvalue weighted by atomic mass is 9.91. The smallest absolute Gasteiger partial charge is 0.122 e. The first-order chi connectivity index (χ1) is 9.61. The van der Waals surface area contributed by atoms with Gasteiger partial charge < -0.3 is 15.8 Å². The zero-order chi connectivity index (χ0) is 14.5. The topological polar surface area (TPSA) is 59.3 Å². The van der Waals surface area contributed by atoms with Crippen LogP contribution in [0.3, 0.4) is 0 Å². The minimum Gasteiger partial charge on any atom is -0.466 e. The van der Waals surface area contributed by atoms with Gasteiger partial charge in [0.05, 0.1) is 17.5 Å². The van der Waals surface area contributed by atoms with Crippen molar-refractivity contribution in [2.24, 2.45) is 5.73 Å². The third-order valence-electron chi connectivity index (χ3n) is 3.78. The molecule has 4 heteroatoms. The van der Waals surface area contributed by atoms with Gasteiger partial charge >= 0.3 is 0 Å². The van der Waals surface area contributed by atoms with Gasteiger partial charge in [-0.25, -0.2) is 0 Å². The Bertz CT molecular complexity index is 490. The molecule has 0 bridgehead atoms. The van der Waals surface area contributed by atoms with Crippen molar-refractivity contribution < 1.29 is 4.74 Å². The molecule has 0 spiro atoms. The largest absolute Gasteiger partial charge is 0.466 e. The van der Waals surface area contributed by atoms with Crippen molar-refractivity contribution in [3.63, 3.8) is 0 Å². The van der Waals surface area contributed by atoms with E-state index in [4.69, 9.17) is 10.5 Å². The van der Waals surface area contributed by atoms with Gasteiger partial charge in [-0.3, -0.25) is 5.32 Å². The summed E-state index contributed by atoms with van der Waals surface area (Å²) in [5.74, 6) is 0.819. The lowest BCUT2D eigenvalue weighted by Gasteiger charge is -2.28. The van der Waals surface area contributed by atoms with Gasteiger partial charge in [-0.1, -0.05) is 24.3 Å². The van der Waals surface area contributed by atoms with E-state index in [0.29, 0.717) is 6.42 Å². The normalized spacial score (nSPS) is 32.6. The van der Waals surface area contributed by atoms with E-state index in [2.05, 4.69) is 28.9 Å². The van der Waals surface area contributed by atoms with Gasteiger partial charge in [0.15, 0.2) is 0 Å². The molecule has 0 amide bonds. The van der Waals surface area contributed by atoms with Crippen LogP contribution in [0.4, 0.5) is 0 Å². The van der Waals surface area contributed by atoms with Crippen LogP contribution in [0.15, 0.2) is 60.6 Å². The Hall–Kier alpha value is -1.62. The summed E-state index contributed by atoms with van der Waals surface area (Å²) in [4.78, 5) is 0. The molecule has 0 aromatic carbocycles. The maximum absolute atomic E-state index is 6.07. The molecule has 0 heterocycles. The fourth-order valence-corrected chi connectivity index (χ4v) is 2.17. The van der Waals surface area contributed by atoms with Gasteiger partial charge in [0.1, 0.15) is 5.76 Å². The van der Waals surface area contributed by atoms with E-state index in [9.17, 15) is 0 Å². The molecule has 0 unspecified atom stereocenters. The maximum atomic E-state index is 6.07. The number of hydrogen-bond acceptors (Lipinski definition) is 4. The Morgan fingerprint density at radius 3 is 2.60 bits per heavy atom. The summed E-state index contributed by atoms with van der Waals surface area (Å²) in [6, 6.07) is 0. The standard InChI is InChI=1S/C16H23N3O/c1-18-15(8-4-3-5-9-15)12-13-20-14-6-10-16(17,19-2)11-7-14/h3-8,10,12-13,18-19H,9,11,17H2,1-2H3/b13-12-/t15-,16+/m0/s1. The summed E-state index contributed by atoms with van der Waals surface area (Å²) >= 11 is 0. The molecule has 2 aliphatic carbocycles. The summed E-state index contributed by atoms with van der Waals surface area (Å²) < 4.78 is 5.66. The molecule has 4 N–H and O–H groups in total. The molecule has 0 saturated heterocycles. The molecule has 2 atom stereocenters. The van der Waals surface area contributed by atoms with Crippen molar-refractivity contribution in [3.8, 4) is 0 Å². The van der Waals surface area contributed by atoms with Crippen molar-refractivity contribution in [1.82, 2.24) is 10.6 Å². The SMILES string of the molecule is CN[C@]1(N)C=CC(O/C=C\[C@]2(NC)C=CC=CC2)=CC1. The van der Waals surface area contributed by atoms with Gasteiger partial charge in [0.25, 0.3) is 0 Å². The fourth-order valence-electron chi connectivity index (χ4n) is 2.17. The maximum Gasteiger partial charge on any atom is 0.122 e. The molecule has 0 saturated carbocycles. The second-order valence-corrected chi connectivity index (χ2v) is 5.14. The third-order valence-corrected chi connectivity index (χ3v) is 3.78. The van der Waals surface area contributed by atoms with Crippen molar-refractivity contribution in [3.05, 3.63) is 60.6 Å². The van der Waals surface area contributed by atoms with E-state index >= 15 is 0 Å². The number of nitrogens with two attached hydrogens (primary N) is 1. The van der Waals surface area contributed by atoms with Crippen LogP contribution >= 0.6 is 0 Å². The first-order valence-electron chi connectivity index (χ1n) is 6.86. The molecule has 0 fully saturated rings. The highest BCUT2D eigenvalue weighted by molar-refractivity contribution is 5.28. The molecule has 0 radical (unpaired) electrons.